The summed E-state index contributed by atoms with van der Waals surface area (Å²) in [5.74, 6) is 2.28. The van der Waals surface area contributed by atoms with Gasteiger partial charge >= 0.3 is 266 Å². The third-order valence-corrected chi connectivity index (χ3v) is 34.5. The summed E-state index contributed by atoms with van der Waals surface area (Å²) in [6, 6.07) is 14.6. The molecule has 8 heteroatoms. The SMILES string of the molecule is CCCCCCCCc1ccc(CCCCOc2c3c[c]([Sn]([CH3])([CH3])[CH3])sc3c(OCCCCc3ccc(CCCCCCCC)s3)c3c[c]([Sn]([CH3])([CH3])[CH3])sc23)s1. The van der Waals surface area contributed by atoms with Crippen LogP contribution in [0.4, 0.5) is 0 Å². The van der Waals surface area contributed by atoms with Gasteiger partial charge in [-0.25, -0.2) is 0 Å². The summed E-state index contributed by atoms with van der Waals surface area (Å²) in [4.78, 5) is 21.5. The van der Waals surface area contributed by atoms with Crippen LogP contribution < -0.4 is 15.3 Å². The first-order chi connectivity index (χ1) is 27.0. The van der Waals surface area contributed by atoms with E-state index in [9.17, 15) is 0 Å². The van der Waals surface area contributed by atoms with E-state index in [1.165, 1.54) is 123 Å². The molecule has 310 valence electrons. The summed E-state index contributed by atoms with van der Waals surface area (Å²) in [5.41, 5.74) is 0. The quantitative estimate of drug-likeness (QED) is 0.0367. The Labute approximate surface area is 366 Å². The Bertz CT molecular complexity index is 1690. The molecule has 0 amide bonds. The van der Waals surface area contributed by atoms with Crippen molar-refractivity contribution in [1.29, 1.82) is 0 Å². The summed E-state index contributed by atoms with van der Waals surface area (Å²) < 4.78 is 19.7. The fourth-order valence-corrected chi connectivity index (χ4v) is 22.4. The van der Waals surface area contributed by atoms with E-state index in [4.69, 9.17) is 9.47 Å². The Hall–Kier alpha value is -0.263. The molecule has 4 heterocycles. The molecule has 4 aromatic heterocycles. The zero-order chi connectivity index (χ0) is 40.0. The first kappa shape index (κ1) is 46.8. The Morgan fingerprint density at radius 3 is 1.07 bits per heavy atom. The van der Waals surface area contributed by atoms with Gasteiger partial charge in [-0.1, -0.05) is 78.1 Å². The van der Waals surface area contributed by atoms with Crippen LogP contribution in [0.2, 0.25) is 29.6 Å². The zero-order valence-electron chi connectivity index (χ0n) is 36.5. The minimum absolute atomic E-state index is 0.778. The molecule has 1 aromatic carbocycles. The van der Waals surface area contributed by atoms with Gasteiger partial charge in [0.25, 0.3) is 0 Å². The van der Waals surface area contributed by atoms with E-state index in [1.54, 1.807) is 25.3 Å². The van der Waals surface area contributed by atoms with Gasteiger partial charge in [-0.15, -0.1) is 0 Å². The molecule has 0 spiro atoms. The maximum absolute atomic E-state index is 6.93. The third kappa shape index (κ3) is 14.4. The van der Waals surface area contributed by atoms with Gasteiger partial charge in [-0.2, -0.15) is 0 Å². The van der Waals surface area contributed by atoms with E-state index in [2.05, 4.69) is 79.9 Å². The molecule has 0 unspecified atom stereocenters. The van der Waals surface area contributed by atoms with Gasteiger partial charge in [0, 0.05) is 0 Å². The van der Waals surface area contributed by atoms with Crippen molar-refractivity contribution in [2.24, 2.45) is 0 Å². The van der Waals surface area contributed by atoms with E-state index in [1.807, 2.05) is 45.3 Å². The molecule has 0 atom stereocenters. The van der Waals surface area contributed by atoms with Crippen molar-refractivity contribution in [2.75, 3.05) is 13.2 Å². The Balaban J connectivity index is 1.21. The van der Waals surface area contributed by atoms with Crippen LogP contribution in [-0.4, -0.2) is 50.0 Å². The van der Waals surface area contributed by atoms with E-state index in [0.717, 1.165) is 50.4 Å². The van der Waals surface area contributed by atoms with Crippen LogP contribution in [0.15, 0.2) is 36.4 Å². The Kier molecular flexibility index (Phi) is 19.8. The average Bonchev–Trinajstić information content (AvgIpc) is 3.98. The molecule has 0 aliphatic rings. The van der Waals surface area contributed by atoms with Gasteiger partial charge in [-0.05, 0) is 25.7 Å². The van der Waals surface area contributed by atoms with E-state index in [0.29, 0.717) is 0 Å². The summed E-state index contributed by atoms with van der Waals surface area (Å²) in [6.45, 7) is 6.15. The number of benzene rings is 1. The molecule has 2 nitrogen and oxygen atoms in total. The van der Waals surface area contributed by atoms with E-state index >= 15 is 0 Å². The second kappa shape index (κ2) is 23.7. The number of aryl methyl sites for hydroxylation is 4. The molecule has 0 saturated carbocycles. The van der Waals surface area contributed by atoms with Crippen LogP contribution in [0, 0.1) is 0 Å². The number of fused-ring (bicyclic) bond motifs is 2. The zero-order valence-corrected chi connectivity index (χ0v) is 45.4. The van der Waals surface area contributed by atoms with Crippen LogP contribution >= 0.6 is 45.3 Å². The van der Waals surface area contributed by atoms with Crippen molar-refractivity contribution in [3.63, 3.8) is 0 Å². The summed E-state index contributed by atoms with van der Waals surface area (Å²) in [7, 11) is 0. The molecule has 5 aromatic rings. The van der Waals surface area contributed by atoms with Crippen molar-refractivity contribution >= 4 is 108 Å². The average molecular weight is 1050 g/mol. The molecule has 0 saturated heterocycles. The molecule has 0 fully saturated rings. The van der Waals surface area contributed by atoms with Gasteiger partial charge in [0.15, 0.2) is 0 Å². The van der Waals surface area contributed by atoms with Gasteiger partial charge in [0.1, 0.15) is 0 Å². The van der Waals surface area contributed by atoms with Crippen molar-refractivity contribution in [3.8, 4) is 11.5 Å². The Morgan fingerprint density at radius 1 is 0.411 bits per heavy atom. The topological polar surface area (TPSA) is 18.5 Å². The molecule has 56 heavy (non-hydrogen) atoms. The molecule has 0 bridgehead atoms. The fraction of sp³-hybridized carbons (Fsp3) is 0.625. The molecule has 5 rings (SSSR count). The van der Waals surface area contributed by atoms with Gasteiger partial charge in [0.05, 0.1) is 0 Å². The van der Waals surface area contributed by atoms with Crippen molar-refractivity contribution < 1.29 is 9.47 Å². The second-order valence-corrected chi connectivity index (χ2v) is 53.7. The summed E-state index contributed by atoms with van der Waals surface area (Å²) in [5, 5.41) is 2.62. The van der Waals surface area contributed by atoms with Crippen molar-refractivity contribution in [1.82, 2.24) is 0 Å². The number of ether oxygens (including phenoxy) is 2. The second-order valence-electron chi connectivity index (χ2n) is 18.2. The molecule has 0 aliphatic carbocycles. The first-order valence-electron chi connectivity index (χ1n) is 22.4. The monoisotopic (exact) mass is 1050 g/mol. The number of thiophene rings is 4. The number of hydrogen-bond acceptors (Lipinski definition) is 6. The van der Waals surface area contributed by atoms with E-state index < -0.39 is 36.8 Å². The molecular weight excluding hydrogens is 974 g/mol. The minimum atomic E-state index is -2.35. The number of hydrogen-bond donors (Lipinski definition) is 0. The van der Waals surface area contributed by atoms with Gasteiger partial charge in [0.2, 0.25) is 0 Å². The van der Waals surface area contributed by atoms with Crippen LogP contribution in [0.25, 0.3) is 20.2 Å². The predicted molar refractivity (Wildman–Crippen MR) is 263 cm³/mol. The van der Waals surface area contributed by atoms with Crippen LogP contribution in [0.5, 0.6) is 11.5 Å². The van der Waals surface area contributed by atoms with Crippen LogP contribution in [0.3, 0.4) is 0 Å². The van der Waals surface area contributed by atoms with Crippen molar-refractivity contribution in [2.45, 2.75) is 172 Å². The van der Waals surface area contributed by atoms with E-state index in [-0.39, 0.29) is 0 Å². The maximum atomic E-state index is 6.93. The van der Waals surface area contributed by atoms with Crippen molar-refractivity contribution in [3.05, 3.63) is 55.9 Å². The molecule has 0 N–H and O–H groups in total. The number of rotatable bonds is 28. The molecule has 0 radical (unpaired) electrons. The van der Waals surface area contributed by atoms with Gasteiger partial charge in [-0.3, -0.25) is 0 Å². The summed E-state index contributed by atoms with van der Waals surface area (Å²) in [6.07, 6.45) is 25.8. The van der Waals surface area contributed by atoms with Crippen LogP contribution in [0.1, 0.15) is 136 Å². The summed E-state index contributed by atoms with van der Waals surface area (Å²) >= 11 is 3.44. The van der Waals surface area contributed by atoms with Crippen LogP contribution in [-0.2, 0) is 25.7 Å². The Morgan fingerprint density at radius 2 is 0.732 bits per heavy atom. The standard InChI is InChI=1S/C42H56O2S4.6CH3.2Sn/c1-3-5-7-9-11-13-19-33-23-25-35(47-33)21-15-17-29-43-39-37-27-31-46-42(37)40(38-28-32-45-41(38)39)44-30-18-16-22-36-26-24-34(48-36)20-14-12-10-8-6-4-2;;;;;;;;/h23-28H,3-22,29-30H2,1-2H3;6*1H3;;. The third-order valence-electron chi connectivity index (χ3n) is 11.0. The first-order valence-corrected chi connectivity index (χ1v) is 45.7. The molecule has 0 aliphatic heterocycles. The normalized spacial score (nSPS) is 12.4. The molecular formula is C48H74O2S4Sn2. The number of unbranched alkanes of at least 4 members (excludes halogenated alkanes) is 12. The predicted octanol–water partition coefficient (Wildman–Crippen LogP) is 15.9. The fourth-order valence-electron chi connectivity index (χ4n) is 7.42. The van der Waals surface area contributed by atoms with Gasteiger partial charge < -0.3 is 0 Å².